The van der Waals surface area contributed by atoms with Gasteiger partial charge in [-0.2, -0.15) is 0 Å². The Hall–Kier alpha value is -3.53. The predicted octanol–water partition coefficient (Wildman–Crippen LogP) is 5.47. The number of rotatable bonds is 3. The van der Waals surface area contributed by atoms with Crippen molar-refractivity contribution in [2.75, 3.05) is 0 Å². The summed E-state index contributed by atoms with van der Waals surface area (Å²) in [5.74, 6) is 0. The summed E-state index contributed by atoms with van der Waals surface area (Å²) in [7, 11) is 0. The largest absolute Gasteiger partial charge is 0.278 e. The third-order valence-corrected chi connectivity index (χ3v) is 4.18. The van der Waals surface area contributed by atoms with Crippen LogP contribution in [0.15, 0.2) is 72.8 Å². The Balaban J connectivity index is 1.75. The minimum Gasteiger partial charge on any atom is -0.258 e. The van der Waals surface area contributed by atoms with Crippen LogP contribution < -0.4 is 0 Å². The highest BCUT2D eigenvalue weighted by atomic mass is 16.6. The van der Waals surface area contributed by atoms with Gasteiger partial charge in [0.2, 0.25) is 0 Å². The first-order valence-corrected chi connectivity index (χ1v) is 7.92. The Labute approximate surface area is 144 Å². The summed E-state index contributed by atoms with van der Waals surface area (Å²) >= 11 is 0. The van der Waals surface area contributed by atoms with Crippen LogP contribution in [0.1, 0.15) is 11.3 Å². The van der Waals surface area contributed by atoms with E-state index in [2.05, 4.69) is 29.2 Å². The smallest absolute Gasteiger partial charge is 0.258 e. The number of nitro groups is 1. The monoisotopic (exact) mass is 326 g/mol. The topological polar surface area (TPSA) is 56.0 Å². The summed E-state index contributed by atoms with van der Waals surface area (Å²) < 4.78 is 0. The maximum Gasteiger partial charge on any atom is 0.278 e. The van der Waals surface area contributed by atoms with Gasteiger partial charge in [0.05, 0.1) is 21.5 Å². The van der Waals surface area contributed by atoms with Gasteiger partial charge in [0, 0.05) is 6.07 Å². The van der Waals surface area contributed by atoms with Crippen molar-refractivity contribution in [3.05, 3.63) is 94.2 Å². The lowest BCUT2D eigenvalue weighted by Crippen LogP contribution is -1.91. The average molecular weight is 326 g/mol. The van der Waals surface area contributed by atoms with Crippen molar-refractivity contribution in [3.63, 3.8) is 0 Å². The minimum atomic E-state index is -0.379. The molecule has 4 rings (SSSR count). The van der Waals surface area contributed by atoms with Crippen LogP contribution in [0.3, 0.4) is 0 Å². The highest BCUT2D eigenvalue weighted by Crippen LogP contribution is 2.25. The standard InChI is InChI=1S/C21H14N2O2/c24-23(25)21-10-4-9-20-19(21)14-13-17(22-20)12-11-16-7-3-6-15-5-1-2-8-18(15)16/h1-14H. The number of hydrogen-bond donors (Lipinski definition) is 0. The van der Waals surface area contributed by atoms with Crippen molar-refractivity contribution in [2.24, 2.45) is 0 Å². The van der Waals surface area contributed by atoms with Crippen LogP contribution in [0, 0.1) is 10.1 Å². The van der Waals surface area contributed by atoms with Crippen molar-refractivity contribution < 1.29 is 4.92 Å². The van der Waals surface area contributed by atoms with Gasteiger partial charge in [0.25, 0.3) is 5.69 Å². The van der Waals surface area contributed by atoms with Crippen LogP contribution >= 0.6 is 0 Å². The summed E-state index contributed by atoms with van der Waals surface area (Å²) in [4.78, 5) is 15.2. The summed E-state index contributed by atoms with van der Waals surface area (Å²) in [6.45, 7) is 0. The molecular weight excluding hydrogens is 312 g/mol. The van der Waals surface area contributed by atoms with Gasteiger partial charge in [-0.25, -0.2) is 4.98 Å². The van der Waals surface area contributed by atoms with Gasteiger partial charge in [0.15, 0.2) is 0 Å². The quantitative estimate of drug-likeness (QED) is 0.371. The summed E-state index contributed by atoms with van der Waals surface area (Å²) in [5, 5.41) is 14.0. The maximum absolute atomic E-state index is 11.1. The fraction of sp³-hybridized carbons (Fsp3) is 0. The molecule has 25 heavy (non-hydrogen) atoms. The van der Waals surface area contributed by atoms with E-state index in [0.717, 1.165) is 11.3 Å². The minimum absolute atomic E-state index is 0.0783. The highest BCUT2D eigenvalue weighted by Gasteiger charge is 2.11. The molecule has 4 nitrogen and oxygen atoms in total. The molecule has 0 bridgehead atoms. The zero-order chi connectivity index (χ0) is 17.2. The lowest BCUT2D eigenvalue weighted by Gasteiger charge is -2.02. The second kappa shape index (κ2) is 6.17. The average Bonchev–Trinajstić information content (AvgIpc) is 2.65. The van der Waals surface area contributed by atoms with Crippen LogP contribution in [-0.2, 0) is 0 Å². The first-order valence-electron chi connectivity index (χ1n) is 7.92. The normalized spacial score (nSPS) is 11.4. The fourth-order valence-electron chi connectivity index (χ4n) is 2.98. The molecule has 4 aromatic rings. The van der Waals surface area contributed by atoms with E-state index >= 15 is 0 Å². The Morgan fingerprint density at radius 2 is 1.60 bits per heavy atom. The van der Waals surface area contributed by atoms with E-state index in [9.17, 15) is 10.1 Å². The molecule has 0 aliphatic rings. The third kappa shape index (κ3) is 2.85. The first-order chi connectivity index (χ1) is 12.2. The van der Waals surface area contributed by atoms with Gasteiger partial charge in [-0.3, -0.25) is 10.1 Å². The molecule has 0 atom stereocenters. The van der Waals surface area contributed by atoms with Gasteiger partial charge in [0.1, 0.15) is 0 Å². The van der Waals surface area contributed by atoms with E-state index in [1.54, 1.807) is 24.3 Å². The molecule has 0 aliphatic carbocycles. The van der Waals surface area contributed by atoms with Gasteiger partial charge in [-0.05, 0) is 40.6 Å². The van der Waals surface area contributed by atoms with E-state index in [4.69, 9.17) is 0 Å². The van der Waals surface area contributed by atoms with E-state index in [1.807, 2.05) is 30.4 Å². The highest BCUT2D eigenvalue weighted by molar-refractivity contribution is 5.93. The van der Waals surface area contributed by atoms with Gasteiger partial charge in [-0.1, -0.05) is 54.6 Å². The SMILES string of the molecule is O=[N+]([O-])c1cccc2nc(C=Cc3cccc4ccccc34)ccc12. The number of benzene rings is 3. The number of nitrogens with zero attached hydrogens (tertiary/aromatic N) is 2. The maximum atomic E-state index is 11.1. The van der Waals surface area contributed by atoms with Crippen molar-refractivity contribution in [1.82, 2.24) is 4.98 Å². The number of pyridine rings is 1. The molecule has 0 fully saturated rings. The summed E-state index contributed by atoms with van der Waals surface area (Å²) in [6.07, 6.45) is 3.95. The lowest BCUT2D eigenvalue weighted by molar-refractivity contribution is -0.383. The van der Waals surface area contributed by atoms with E-state index in [0.29, 0.717) is 10.9 Å². The number of non-ortho nitro benzene ring substituents is 1. The molecule has 120 valence electrons. The molecule has 0 saturated heterocycles. The molecule has 1 heterocycles. The van der Waals surface area contributed by atoms with Crippen LogP contribution in [0.5, 0.6) is 0 Å². The van der Waals surface area contributed by atoms with Crippen LogP contribution in [0.25, 0.3) is 33.8 Å². The van der Waals surface area contributed by atoms with E-state index in [-0.39, 0.29) is 10.6 Å². The molecule has 0 amide bonds. The van der Waals surface area contributed by atoms with Crippen LogP contribution in [0.4, 0.5) is 5.69 Å². The second-order valence-corrected chi connectivity index (χ2v) is 5.74. The molecule has 0 unspecified atom stereocenters. The number of fused-ring (bicyclic) bond motifs is 2. The molecule has 0 N–H and O–H groups in total. The molecule has 1 aromatic heterocycles. The molecule has 0 radical (unpaired) electrons. The number of aromatic nitrogens is 1. The molecule has 0 saturated carbocycles. The van der Waals surface area contributed by atoms with Crippen molar-refractivity contribution in [3.8, 4) is 0 Å². The van der Waals surface area contributed by atoms with Crippen molar-refractivity contribution >= 4 is 39.5 Å². The van der Waals surface area contributed by atoms with E-state index < -0.39 is 0 Å². The molecule has 3 aromatic carbocycles. The van der Waals surface area contributed by atoms with Crippen LogP contribution in [0.2, 0.25) is 0 Å². The Morgan fingerprint density at radius 1 is 0.800 bits per heavy atom. The lowest BCUT2D eigenvalue weighted by atomic mass is 10.0. The zero-order valence-corrected chi connectivity index (χ0v) is 13.3. The second-order valence-electron chi connectivity index (χ2n) is 5.74. The summed E-state index contributed by atoms with van der Waals surface area (Å²) in [6, 6.07) is 22.9. The zero-order valence-electron chi connectivity index (χ0n) is 13.3. The van der Waals surface area contributed by atoms with Gasteiger partial charge < -0.3 is 0 Å². The van der Waals surface area contributed by atoms with Crippen molar-refractivity contribution in [1.29, 1.82) is 0 Å². The summed E-state index contributed by atoms with van der Waals surface area (Å²) in [5.41, 5.74) is 2.57. The van der Waals surface area contributed by atoms with Crippen molar-refractivity contribution in [2.45, 2.75) is 0 Å². The Kier molecular flexibility index (Phi) is 3.71. The third-order valence-electron chi connectivity index (χ3n) is 4.18. The molecular formula is C21H14N2O2. The van der Waals surface area contributed by atoms with E-state index in [1.165, 1.54) is 16.8 Å². The Bertz CT molecular complexity index is 1130. The first kappa shape index (κ1) is 15.0. The number of nitro benzene ring substituents is 1. The molecule has 4 heteroatoms. The van der Waals surface area contributed by atoms with Gasteiger partial charge in [-0.15, -0.1) is 0 Å². The van der Waals surface area contributed by atoms with Gasteiger partial charge >= 0.3 is 0 Å². The Morgan fingerprint density at radius 3 is 2.48 bits per heavy atom. The fourth-order valence-corrected chi connectivity index (χ4v) is 2.98. The molecule has 0 spiro atoms. The molecule has 0 aliphatic heterocycles. The number of hydrogen-bond acceptors (Lipinski definition) is 3. The van der Waals surface area contributed by atoms with Crippen LogP contribution in [-0.4, -0.2) is 9.91 Å². The predicted molar refractivity (Wildman–Crippen MR) is 101 cm³/mol.